The number of hydrogen-bond acceptors (Lipinski definition) is 5. The number of ether oxygens (including phenoxy) is 4. The van der Waals surface area contributed by atoms with Crippen molar-refractivity contribution < 1.29 is 23.7 Å². The smallest absolute Gasteiger partial charge is 0.231 e. The Balaban J connectivity index is 1.38. The summed E-state index contributed by atoms with van der Waals surface area (Å²) in [6.07, 6.45) is 1.70. The van der Waals surface area contributed by atoms with Gasteiger partial charge in [-0.25, -0.2) is 0 Å². The van der Waals surface area contributed by atoms with Crippen molar-refractivity contribution in [2.24, 2.45) is 0 Å². The van der Waals surface area contributed by atoms with Crippen LogP contribution in [-0.2, 0) is 18.0 Å². The van der Waals surface area contributed by atoms with Crippen LogP contribution in [0.2, 0.25) is 5.02 Å². The molecule has 0 N–H and O–H groups in total. The molecule has 0 amide bonds. The molecule has 5 nitrogen and oxygen atoms in total. The molecular formula is C24H16BrClO5. The Hall–Kier alpha value is -2.80. The zero-order chi connectivity index (χ0) is 21.4. The van der Waals surface area contributed by atoms with E-state index in [1.807, 2.05) is 36.4 Å². The van der Waals surface area contributed by atoms with E-state index in [2.05, 4.69) is 15.9 Å². The second kappa shape index (κ2) is 8.38. The van der Waals surface area contributed by atoms with Gasteiger partial charge in [-0.05, 0) is 48.0 Å². The van der Waals surface area contributed by atoms with E-state index in [-0.39, 0.29) is 18.3 Å². The van der Waals surface area contributed by atoms with Gasteiger partial charge in [0.1, 0.15) is 23.9 Å². The normalized spacial score (nSPS) is 15.8. The van der Waals surface area contributed by atoms with Crippen molar-refractivity contribution in [2.45, 2.75) is 13.2 Å². The summed E-state index contributed by atoms with van der Waals surface area (Å²) in [5.41, 5.74) is 3.15. The summed E-state index contributed by atoms with van der Waals surface area (Å²) in [6.45, 7) is 1.01. The van der Waals surface area contributed by atoms with E-state index in [9.17, 15) is 4.79 Å². The summed E-state index contributed by atoms with van der Waals surface area (Å²) in [5, 5.41) is 0.678. The van der Waals surface area contributed by atoms with E-state index < -0.39 is 0 Å². The summed E-state index contributed by atoms with van der Waals surface area (Å²) in [5.74, 6) is 1.84. The number of halogens is 2. The SMILES string of the molecule is O=C1/C(=C/c2cc(Br)cc3c2OCOC3)Oc2cc(OCc3ccc(Cl)cc3)ccc21. The summed E-state index contributed by atoms with van der Waals surface area (Å²) in [4.78, 5) is 12.9. The minimum Gasteiger partial charge on any atom is -0.489 e. The zero-order valence-corrected chi connectivity index (χ0v) is 18.5. The number of hydrogen-bond donors (Lipinski definition) is 0. The molecule has 0 aromatic heterocycles. The largest absolute Gasteiger partial charge is 0.489 e. The van der Waals surface area contributed by atoms with Crippen LogP contribution in [0.1, 0.15) is 27.0 Å². The van der Waals surface area contributed by atoms with Gasteiger partial charge in [0.2, 0.25) is 5.78 Å². The molecule has 156 valence electrons. The third kappa shape index (κ3) is 4.19. The summed E-state index contributed by atoms with van der Waals surface area (Å²) >= 11 is 9.41. The molecule has 7 heteroatoms. The summed E-state index contributed by atoms with van der Waals surface area (Å²) in [6, 6.07) is 16.5. The lowest BCUT2D eigenvalue weighted by Gasteiger charge is -2.20. The number of carbonyl (C=O) groups is 1. The van der Waals surface area contributed by atoms with Crippen molar-refractivity contribution >= 4 is 39.4 Å². The Kier molecular flexibility index (Phi) is 5.44. The van der Waals surface area contributed by atoms with Crippen molar-refractivity contribution in [1.82, 2.24) is 0 Å². The number of ketones is 1. The van der Waals surface area contributed by atoms with Crippen LogP contribution in [0.15, 0.2) is 64.8 Å². The first-order valence-corrected chi connectivity index (χ1v) is 10.7. The number of allylic oxidation sites excluding steroid dienone is 1. The Morgan fingerprint density at radius 3 is 2.77 bits per heavy atom. The van der Waals surface area contributed by atoms with Gasteiger partial charge in [-0.15, -0.1) is 0 Å². The molecule has 5 rings (SSSR count). The maximum absolute atomic E-state index is 12.9. The molecule has 0 atom stereocenters. The van der Waals surface area contributed by atoms with Crippen LogP contribution >= 0.6 is 27.5 Å². The van der Waals surface area contributed by atoms with E-state index >= 15 is 0 Å². The van der Waals surface area contributed by atoms with Crippen LogP contribution < -0.4 is 14.2 Å². The molecule has 0 radical (unpaired) electrons. The van der Waals surface area contributed by atoms with E-state index in [0.29, 0.717) is 41.0 Å². The van der Waals surface area contributed by atoms with E-state index in [1.165, 1.54) is 0 Å². The quantitative estimate of drug-likeness (QED) is 0.402. The average Bonchev–Trinajstić information content (AvgIpc) is 3.08. The maximum Gasteiger partial charge on any atom is 0.231 e. The Morgan fingerprint density at radius 2 is 1.94 bits per heavy atom. The molecule has 0 fully saturated rings. The number of carbonyl (C=O) groups excluding carboxylic acids is 1. The molecule has 31 heavy (non-hydrogen) atoms. The van der Waals surface area contributed by atoms with Gasteiger partial charge in [0.15, 0.2) is 12.6 Å². The molecule has 0 spiro atoms. The van der Waals surface area contributed by atoms with Crippen molar-refractivity contribution in [1.29, 1.82) is 0 Å². The first-order valence-electron chi connectivity index (χ1n) is 9.55. The highest BCUT2D eigenvalue weighted by Crippen LogP contribution is 2.38. The Labute approximate surface area is 192 Å². The third-order valence-electron chi connectivity index (χ3n) is 4.95. The fourth-order valence-electron chi connectivity index (χ4n) is 3.46. The number of rotatable bonds is 4. The lowest BCUT2D eigenvalue weighted by Crippen LogP contribution is -2.12. The van der Waals surface area contributed by atoms with E-state index in [4.69, 9.17) is 30.5 Å². The minimum absolute atomic E-state index is 0.175. The van der Waals surface area contributed by atoms with Gasteiger partial charge in [0.05, 0.1) is 12.2 Å². The highest BCUT2D eigenvalue weighted by molar-refractivity contribution is 9.10. The molecule has 0 aliphatic carbocycles. The van der Waals surface area contributed by atoms with Crippen LogP contribution in [0, 0.1) is 0 Å². The van der Waals surface area contributed by atoms with Gasteiger partial charge in [0.25, 0.3) is 0 Å². The fraction of sp³-hybridized carbons (Fsp3) is 0.125. The minimum atomic E-state index is -0.181. The van der Waals surface area contributed by atoms with Crippen LogP contribution in [0.25, 0.3) is 6.08 Å². The number of fused-ring (bicyclic) bond motifs is 2. The predicted molar refractivity (Wildman–Crippen MR) is 120 cm³/mol. The third-order valence-corrected chi connectivity index (χ3v) is 5.66. The summed E-state index contributed by atoms with van der Waals surface area (Å²) in [7, 11) is 0. The number of benzene rings is 3. The topological polar surface area (TPSA) is 54.0 Å². The van der Waals surface area contributed by atoms with Gasteiger partial charge in [-0.2, -0.15) is 0 Å². The summed E-state index contributed by atoms with van der Waals surface area (Å²) < 4.78 is 23.6. The van der Waals surface area contributed by atoms with Gasteiger partial charge in [0, 0.05) is 26.7 Å². The Bertz CT molecular complexity index is 1200. The van der Waals surface area contributed by atoms with Gasteiger partial charge in [-0.3, -0.25) is 4.79 Å². The fourth-order valence-corrected chi connectivity index (χ4v) is 4.11. The lowest BCUT2D eigenvalue weighted by atomic mass is 10.1. The first kappa shape index (κ1) is 20.1. The van der Waals surface area contributed by atoms with Crippen LogP contribution in [0.3, 0.4) is 0 Å². The molecule has 0 bridgehead atoms. The zero-order valence-electron chi connectivity index (χ0n) is 16.2. The number of Topliss-reactive ketones (excluding diaryl/α,β-unsaturated/α-hetero) is 1. The van der Waals surface area contributed by atoms with E-state index in [1.54, 1.807) is 24.3 Å². The van der Waals surface area contributed by atoms with Gasteiger partial charge < -0.3 is 18.9 Å². The second-order valence-electron chi connectivity index (χ2n) is 7.11. The monoisotopic (exact) mass is 498 g/mol. The van der Waals surface area contributed by atoms with Crippen LogP contribution in [0.4, 0.5) is 0 Å². The first-order chi connectivity index (χ1) is 15.1. The maximum atomic E-state index is 12.9. The lowest BCUT2D eigenvalue weighted by molar-refractivity contribution is -0.0165. The highest BCUT2D eigenvalue weighted by Gasteiger charge is 2.28. The van der Waals surface area contributed by atoms with Crippen molar-refractivity contribution in [2.75, 3.05) is 6.79 Å². The molecular weight excluding hydrogens is 484 g/mol. The predicted octanol–water partition coefficient (Wildman–Crippen LogP) is 6.16. The van der Waals surface area contributed by atoms with Crippen LogP contribution in [0.5, 0.6) is 17.2 Å². The second-order valence-corrected chi connectivity index (χ2v) is 8.46. The van der Waals surface area contributed by atoms with Crippen molar-refractivity contribution in [3.05, 3.63) is 92.1 Å². The molecule has 0 saturated heterocycles. The van der Waals surface area contributed by atoms with Gasteiger partial charge in [-0.1, -0.05) is 39.7 Å². The Morgan fingerprint density at radius 1 is 1.10 bits per heavy atom. The van der Waals surface area contributed by atoms with Gasteiger partial charge >= 0.3 is 0 Å². The molecule has 0 saturated carbocycles. The molecule has 0 unspecified atom stereocenters. The van der Waals surface area contributed by atoms with E-state index in [0.717, 1.165) is 21.2 Å². The van der Waals surface area contributed by atoms with Crippen LogP contribution in [-0.4, -0.2) is 12.6 Å². The molecule has 3 aromatic rings. The average molecular weight is 500 g/mol. The molecule has 2 aliphatic rings. The molecule has 2 aliphatic heterocycles. The highest BCUT2D eigenvalue weighted by atomic mass is 79.9. The molecule has 3 aromatic carbocycles. The van der Waals surface area contributed by atoms with Crippen molar-refractivity contribution in [3.8, 4) is 17.2 Å². The standard InChI is InChI=1S/C24H16BrClO5/c25-17-7-15(24-16(8-17)12-28-13-30-24)9-22-23(27)20-6-5-19(10-21(20)31-22)29-11-14-1-3-18(26)4-2-14/h1-10H,11-13H2/b22-9-. The van der Waals surface area contributed by atoms with Crippen molar-refractivity contribution in [3.63, 3.8) is 0 Å². The molecule has 2 heterocycles.